The summed E-state index contributed by atoms with van der Waals surface area (Å²) < 4.78 is 0. The Bertz CT molecular complexity index is 265. The summed E-state index contributed by atoms with van der Waals surface area (Å²) in [5.41, 5.74) is -0.566. The maximum atomic E-state index is 11.6. The van der Waals surface area contributed by atoms with Crippen molar-refractivity contribution in [3.8, 4) is 0 Å². The second-order valence-corrected chi connectivity index (χ2v) is 5.49. The third kappa shape index (κ3) is 7.21. The van der Waals surface area contributed by atoms with Crippen molar-refractivity contribution < 1.29 is 9.59 Å². The Balaban J connectivity index is 3.72. The van der Waals surface area contributed by atoms with Gasteiger partial charge in [0.2, 0.25) is 11.8 Å². The van der Waals surface area contributed by atoms with E-state index in [2.05, 4.69) is 10.6 Å². The Morgan fingerprint density at radius 3 is 2.18 bits per heavy atom. The minimum atomic E-state index is -0.566. The minimum absolute atomic E-state index is 0.0193. The number of rotatable bonds is 7. The van der Waals surface area contributed by atoms with Crippen LogP contribution in [-0.4, -0.2) is 30.8 Å². The molecule has 0 bridgehead atoms. The molecule has 0 spiro atoms. The lowest BCUT2D eigenvalue weighted by Gasteiger charge is -2.20. The summed E-state index contributed by atoms with van der Waals surface area (Å²) in [5, 5.41) is 5.50. The first kappa shape index (κ1) is 16.2. The summed E-state index contributed by atoms with van der Waals surface area (Å²) in [6.07, 6.45) is 0.515. The van der Waals surface area contributed by atoms with Gasteiger partial charge in [-0.25, -0.2) is 0 Å². The molecule has 0 aromatic carbocycles. The third-order valence-electron chi connectivity index (χ3n) is 2.28. The molecule has 0 fully saturated rings. The highest BCUT2D eigenvalue weighted by atomic mass is 35.5. The lowest BCUT2D eigenvalue weighted by Crippen LogP contribution is -2.42. The molecule has 2 N–H and O–H groups in total. The molecule has 2 amide bonds. The van der Waals surface area contributed by atoms with Gasteiger partial charge in [-0.15, -0.1) is 11.6 Å². The van der Waals surface area contributed by atoms with Gasteiger partial charge in [-0.1, -0.05) is 13.8 Å². The Hall–Kier alpha value is -0.770. The van der Waals surface area contributed by atoms with E-state index in [1.807, 2.05) is 13.8 Å². The fraction of sp³-hybridized carbons (Fsp3) is 0.833. The Morgan fingerprint density at radius 1 is 1.18 bits per heavy atom. The van der Waals surface area contributed by atoms with Crippen molar-refractivity contribution in [2.24, 2.45) is 11.3 Å². The van der Waals surface area contributed by atoms with Crippen LogP contribution in [0.1, 0.15) is 34.1 Å². The molecule has 0 saturated heterocycles. The lowest BCUT2D eigenvalue weighted by molar-refractivity contribution is -0.128. The average Bonchev–Trinajstić information content (AvgIpc) is 2.23. The predicted molar refractivity (Wildman–Crippen MR) is 70.0 cm³/mol. The van der Waals surface area contributed by atoms with Gasteiger partial charge in [-0.3, -0.25) is 9.59 Å². The Labute approximate surface area is 108 Å². The van der Waals surface area contributed by atoms with Gasteiger partial charge >= 0.3 is 0 Å². The van der Waals surface area contributed by atoms with E-state index in [0.29, 0.717) is 25.4 Å². The Morgan fingerprint density at radius 2 is 1.71 bits per heavy atom. The largest absolute Gasteiger partial charge is 0.354 e. The highest BCUT2D eigenvalue weighted by molar-refractivity contribution is 6.19. The number of alkyl halides is 1. The molecule has 0 aliphatic heterocycles. The molecular formula is C12H23ClN2O2. The van der Waals surface area contributed by atoms with Crippen LogP contribution in [0.25, 0.3) is 0 Å². The molecule has 4 nitrogen and oxygen atoms in total. The first-order valence-corrected chi connectivity index (χ1v) is 6.44. The summed E-state index contributed by atoms with van der Waals surface area (Å²) in [6, 6.07) is 0. The maximum Gasteiger partial charge on any atom is 0.226 e. The van der Waals surface area contributed by atoms with Gasteiger partial charge < -0.3 is 10.6 Å². The summed E-state index contributed by atoms with van der Waals surface area (Å²) in [5.74, 6) is 0.551. The van der Waals surface area contributed by atoms with Crippen LogP contribution in [0, 0.1) is 11.3 Å². The van der Waals surface area contributed by atoms with Crippen LogP contribution in [0.3, 0.4) is 0 Å². The first-order valence-electron chi connectivity index (χ1n) is 5.90. The molecule has 0 rings (SSSR count). The maximum absolute atomic E-state index is 11.6. The van der Waals surface area contributed by atoms with Gasteiger partial charge in [0.05, 0.1) is 5.41 Å². The fourth-order valence-electron chi connectivity index (χ4n) is 1.12. The molecule has 0 radical (unpaired) electrons. The van der Waals surface area contributed by atoms with E-state index in [1.54, 1.807) is 13.8 Å². The number of carbonyl (C=O) groups excluding carboxylic acids is 2. The van der Waals surface area contributed by atoms with Gasteiger partial charge in [0.15, 0.2) is 0 Å². The van der Waals surface area contributed by atoms with Gasteiger partial charge in [0.1, 0.15) is 0 Å². The van der Waals surface area contributed by atoms with Crippen LogP contribution < -0.4 is 10.6 Å². The topological polar surface area (TPSA) is 58.2 Å². The molecule has 0 aliphatic carbocycles. The number of amides is 2. The number of carbonyl (C=O) groups is 2. The zero-order valence-corrected chi connectivity index (χ0v) is 11.9. The van der Waals surface area contributed by atoms with Crippen molar-refractivity contribution in [1.29, 1.82) is 0 Å². The second-order valence-electron chi connectivity index (χ2n) is 5.22. The van der Waals surface area contributed by atoms with E-state index in [0.717, 1.165) is 0 Å². The van der Waals surface area contributed by atoms with Crippen LogP contribution in [0.2, 0.25) is 0 Å². The quantitative estimate of drug-likeness (QED) is 0.540. The zero-order chi connectivity index (χ0) is 13.5. The van der Waals surface area contributed by atoms with Crippen molar-refractivity contribution in [1.82, 2.24) is 10.6 Å². The van der Waals surface area contributed by atoms with Gasteiger partial charge in [-0.2, -0.15) is 0 Å². The van der Waals surface area contributed by atoms with Crippen molar-refractivity contribution in [2.45, 2.75) is 34.1 Å². The van der Waals surface area contributed by atoms with E-state index in [4.69, 9.17) is 11.6 Å². The van der Waals surface area contributed by atoms with Crippen LogP contribution in [-0.2, 0) is 9.59 Å². The molecule has 0 heterocycles. The molecule has 100 valence electrons. The van der Waals surface area contributed by atoms with E-state index in [-0.39, 0.29) is 17.7 Å². The van der Waals surface area contributed by atoms with E-state index >= 15 is 0 Å². The van der Waals surface area contributed by atoms with Crippen LogP contribution in [0.15, 0.2) is 0 Å². The van der Waals surface area contributed by atoms with Crippen molar-refractivity contribution in [3.63, 3.8) is 0 Å². The number of hydrogen-bond donors (Lipinski definition) is 2. The summed E-state index contributed by atoms with van der Waals surface area (Å²) in [4.78, 5) is 22.9. The number of hydrogen-bond acceptors (Lipinski definition) is 2. The Kier molecular flexibility index (Phi) is 7.19. The SMILES string of the molecule is CC(C)CC(=O)NCCNC(=O)C(C)(C)CCl. The highest BCUT2D eigenvalue weighted by Gasteiger charge is 2.25. The van der Waals surface area contributed by atoms with Crippen LogP contribution in [0.5, 0.6) is 0 Å². The lowest BCUT2D eigenvalue weighted by atomic mass is 9.95. The summed E-state index contributed by atoms with van der Waals surface area (Å²) in [7, 11) is 0. The number of nitrogens with one attached hydrogen (secondary N) is 2. The second kappa shape index (κ2) is 7.54. The van der Waals surface area contributed by atoms with Gasteiger partial charge in [0.25, 0.3) is 0 Å². The molecule has 17 heavy (non-hydrogen) atoms. The average molecular weight is 263 g/mol. The van der Waals surface area contributed by atoms with Gasteiger partial charge in [0, 0.05) is 25.4 Å². The van der Waals surface area contributed by atoms with Crippen LogP contribution >= 0.6 is 11.6 Å². The smallest absolute Gasteiger partial charge is 0.226 e. The molecule has 5 heteroatoms. The predicted octanol–water partition coefficient (Wildman–Crippen LogP) is 1.53. The van der Waals surface area contributed by atoms with Crippen LogP contribution in [0.4, 0.5) is 0 Å². The minimum Gasteiger partial charge on any atom is -0.354 e. The number of halogens is 1. The molecule has 0 aliphatic rings. The first-order chi connectivity index (χ1) is 7.79. The standard InChI is InChI=1S/C12H23ClN2O2/c1-9(2)7-10(16)14-5-6-15-11(17)12(3,4)8-13/h9H,5-8H2,1-4H3,(H,14,16)(H,15,17). The monoisotopic (exact) mass is 262 g/mol. The molecule has 0 atom stereocenters. The third-order valence-corrected chi connectivity index (χ3v) is 2.94. The van der Waals surface area contributed by atoms with E-state index in [1.165, 1.54) is 0 Å². The molecule has 0 unspecified atom stereocenters. The van der Waals surface area contributed by atoms with Gasteiger partial charge in [-0.05, 0) is 19.8 Å². The molecular weight excluding hydrogens is 240 g/mol. The fourth-order valence-corrected chi connectivity index (χ4v) is 1.24. The highest BCUT2D eigenvalue weighted by Crippen LogP contribution is 2.16. The normalized spacial score (nSPS) is 11.4. The van der Waals surface area contributed by atoms with E-state index < -0.39 is 5.41 Å². The van der Waals surface area contributed by atoms with E-state index in [9.17, 15) is 9.59 Å². The summed E-state index contributed by atoms with van der Waals surface area (Å²) in [6.45, 7) is 8.44. The summed E-state index contributed by atoms with van der Waals surface area (Å²) >= 11 is 5.68. The molecule has 0 saturated carbocycles. The van der Waals surface area contributed by atoms with Crippen molar-refractivity contribution in [2.75, 3.05) is 19.0 Å². The molecule has 0 aromatic rings. The molecule has 0 aromatic heterocycles. The van der Waals surface area contributed by atoms with Crippen molar-refractivity contribution in [3.05, 3.63) is 0 Å². The van der Waals surface area contributed by atoms with Crippen molar-refractivity contribution >= 4 is 23.4 Å². The zero-order valence-electron chi connectivity index (χ0n) is 11.1.